The summed E-state index contributed by atoms with van der Waals surface area (Å²) in [6, 6.07) is 12.5. The lowest BCUT2D eigenvalue weighted by Crippen LogP contribution is -2.24. The van der Waals surface area contributed by atoms with Crippen molar-refractivity contribution in [3.63, 3.8) is 0 Å². The van der Waals surface area contributed by atoms with Crippen LogP contribution in [0.3, 0.4) is 0 Å². The van der Waals surface area contributed by atoms with Crippen LogP contribution in [0.2, 0.25) is 0 Å². The molecule has 32 heavy (non-hydrogen) atoms. The second-order valence-electron chi connectivity index (χ2n) is 6.89. The number of rotatable bonds is 8. The van der Waals surface area contributed by atoms with Crippen LogP contribution < -0.4 is 19.1 Å². The topological polar surface area (TPSA) is 74.3 Å². The van der Waals surface area contributed by atoms with E-state index in [1.165, 1.54) is 19.1 Å². The maximum absolute atomic E-state index is 13.5. The number of ether oxygens (including phenoxy) is 4. The standard InChI is InChI=1S/C25H27NO6/c1-6-31-19-13-11-18(12-14-19)26-16(3)22(25(28)32-7-2)20(24(26)27)15-17-9-8-10-21(29-4)23(17)30-5/h8-15H,6-7H2,1-5H3/b20-15-. The van der Waals surface area contributed by atoms with E-state index in [-0.39, 0.29) is 23.7 Å². The Morgan fingerprint density at radius 3 is 2.31 bits per heavy atom. The molecule has 7 heteroatoms. The summed E-state index contributed by atoms with van der Waals surface area (Å²) in [6.07, 6.45) is 1.63. The molecule has 0 N–H and O–H groups in total. The summed E-state index contributed by atoms with van der Waals surface area (Å²) in [5.41, 5.74) is 2.17. The molecule has 2 aromatic rings. The molecule has 1 amide bonds. The molecule has 1 aliphatic rings. The largest absolute Gasteiger partial charge is 0.494 e. The van der Waals surface area contributed by atoms with Crippen LogP contribution in [-0.2, 0) is 14.3 Å². The van der Waals surface area contributed by atoms with Gasteiger partial charge in [0.2, 0.25) is 0 Å². The monoisotopic (exact) mass is 437 g/mol. The molecule has 0 bridgehead atoms. The molecule has 3 rings (SSSR count). The zero-order chi connectivity index (χ0) is 23.3. The fourth-order valence-corrected chi connectivity index (χ4v) is 3.63. The number of carbonyl (C=O) groups excluding carboxylic acids is 2. The molecule has 1 aliphatic heterocycles. The van der Waals surface area contributed by atoms with Gasteiger partial charge in [0.05, 0.1) is 38.6 Å². The van der Waals surface area contributed by atoms with Gasteiger partial charge in [-0.05, 0) is 57.2 Å². The highest BCUT2D eigenvalue weighted by Crippen LogP contribution is 2.38. The first-order valence-electron chi connectivity index (χ1n) is 10.3. The maximum Gasteiger partial charge on any atom is 0.340 e. The Hall–Kier alpha value is -3.74. The number of esters is 1. The maximum atomic E-state index is 13.5. The Labute approximate surface area is 187 Å². The third kappa shape index (κ3) is 4.32. The van der Waals surface area contributed by atoms with Crippen molar-refractivity contribution in [1.82, 2.24) is 0 Å². The van der Waals surface area contributed by atoms with E-state index in [0.29, 0.717) is 40.8 Å². The number of anilines is 1. The van der Waals surface area contributed by atoms with Crippen molar-refractivity contribution >= 4 is 23.6 Å². The highest BCUT2D eigenvalue weighted by Gasteiger charge is 2.38. The first-order valence-corrected chi connectivity index (χ1v) is 10.3. The van der Waals surface area contributed by atoms with Crippen LogP contribution >= 0.6 is 0 Å². The van der Waals surface area contributed by atoms with Gasteiger partial charge in [0.25, 0.3) is 5.91 Å². The van der Waals surface area contributed by atoms with Crippen molar-refractivity contribution in [2.24, 2.45) is 0 Å². The number of amides is 1. The highest BCUT2D eigenvalue weighted by molar-refractivity contribution is 6.24. The molecule has 0 atom stereocenters. The van der Waals surface area contributed by atoms with Gasteiger partial charge in [-0.25, -0.2) is 4.79 Å². The lowest BCUT2D eigenvalue weighted by atomic mass is 10.0. The van der Waals surface area contributed by atoms with Crippen LogP contribution in [0.1, 0.15) is 26.3 Å². The van der Waals surface area contributed by atoms with E-state index in [0.717, 1.165) is 0 Å². The molecule has 0 aromatic heterocycles. The van der Waals surface area contributed by atoms with Crippen molar-refractivity contribution in [3.05, 3.63) is 64.9 Å². The number of para-hydroxylation sites is 1. The average molecular weight is 437 g/mol. The molecular weight excluding hydrogens is 410 g/mol. The second-order valence-corrected chi connectivity index (χ2v) is 6.89. The summed E-state index contributed by atoms with van der Waals surface area (Å²) in [6.45, 7) is 6.10. The van der Waals surface area contributed by atoms with Crippen LogP contribution in [-0.4, -0.2) is 39.3 Å². The predicted molar refractivity (Wildman–Crippen MR) is 122 cm³/mol. The van der Waals surface area contributed by atoms with Crippen LogP contribution in [0.5, 0.6) is 17.2 Å². The molecule has 0 aliphatic carbocycles. The Morgan fingerprint density at radius 1 is 1.00 bits per heavy atom. The van der Waals surface area contributed by atoms with Gasteiger partial charge in [-0.2, -0.15) is 0 Å². The minimum Gasteiger partial charge on any atom is -0.494 e. The van der Waals surface area contributed by atoms with Crippen molar-refractivity contribution in [3.8, 4) is 17.2 Å². The molecule has 0 spiro atoms. The lowest BCUT2D eigenvalue weighted by Gasteiger charge is -2.18. The molecule has 7 nitrogen and oxygen atoms in total. The van der Waals surface area contributed by atoms with Gasteiger partial charge in [-0.3, -0.25) is 9.69 Å². The van der Waals surface area contributed by atoms with Crippen LogP contribution in [0.15, 0.2) is 59.3 Å². The summed E-state index contributed by atoms with van der Waals surface area (Å²) < 4.78 is 21.6. The number of nitrogens with zero attached hydrogens (tertiary/aromatic N) is 1. The normalized spacial score (nSPS) is 14.7. The van der Waals surface area contributed by atoms with Gasteiger partial charge in [0.15, 0.2) is 11.5 Å². The summed E-state index contributed by atoms with van der Waals surface area (Å²) >= 11 is 0. The highest BCUT2D eigenvalue weighted by atomic mass is 16.5. The van der Waals surface area contributed by atoms with Crippen molar-refractivity contribution in [2.75, 3.05) is 32.3 Å². The summed E-state index contributed by atoms with van der Waals surface area (Å²) in [5.74, 6) is 0.802. The van der Waals surface area contributed by atoms with E-state index in [1.54, 1.807) is 62.4 Å². The molecular formula is C25H27NO6. The second kappa shape index (κ2) is 10.0. The number of allylic oxidation sites excluding steroid dienone is 1. The van der Waals surface area contributed by atoms with E-state index in [1.807, 2.05) is 6.92 Å². The van der Waals surface area contributed by atoms with Crippen molar-refractivity contribution < 1.29 is 28.5 Å². The van der Waals surface area contributed by atoms with Crippen molar-refractivity contribution in [1.29, 1.82) is 0 Å². The van der Waals surface area contributed by atoms with E-state index >= 15 is 0 Å². The first-order chi connectivity index (χ1) is 15.5. The molecule has 0 unspecified atom stereocenters. The average Bonchev–Trinajstić information content (AvgIpc) is 3.04. The minimum absolute atomic E-state index is 0.197. The Morgan fingerprint density at radius 2 is 1.72 bits per heavy atom. The minimum atomic E-state index is -0.556. The number of carbonyl (C=O) groups is 2. The number of hydrogen-bond acceptors (Lipinski definition) is 6. The lowest BCUT2D eigenvalue weighted by molar-refractivity contribution is -0.138. The van der Waals surface area contributed by atoms with Crippen molar-refractivity contribution in [2.45, 2.75) is 20.8 Å². The SMILES string of the molecule is CCOC(=O)C1=C(C)N(c2ccc(OCC)cc2)C(=O)/C1=C\c1cccc(OC)c1OC. The van der Waals surface area contributed by atoms with Gasteiger partial charge in [0, 0.05) is 16.9 Å². The summed E-state index contributed by atoms with van der Waals surface area (Å²) in [5, 5.41) is 0. The molecule has 0 saturated heterocycles. The Balaban J connectivity index is 2.13. The summed E-state index contributed by atoms with van der Waals surface area (Å²) in [4.78, 5) is 27.8. The van der Waals surface area contributed by atoms with Gasteiger partial charge >= 0.3 is 5.97 Å². The van der Waals surface area contributed by atoms with Crippen LogP contribution in [0.4, 0.5) is 5.69 Å². The first kappa shape index (κ1) is 22.9. The van der Waals surface area contributed by atoms with Gasteiger partial charge in [-0.15, -0.1) is 0 Å². The molecule has 0 radical (unpaired) electrons. The third-order valence-corrected chi connectivity index (χ3v) is 5.02. The predicted octanol–water partition coefficient (Wildman–Crippen LogP) is 4.37. The van der Waals surface area contributed by atoms with Crippen LogP contribution in [0, 0.1) is 0 Å². The summed E-state index contributed by atoms with van der Waals surface area (Å²) in [7, 11) is 3.06. The number of hydrogen-bond donors (Lipinski definition) is 0. The number of methoxy groups -OCH3 is 2. The van der Waals surface area contributed by atoms with E-state index in [4.69, 9.17) is 18.9 Å². The molecule has 0 fully saturated rings. The van der Waals surface area contributed by atoms with E-state index < -0.39 is 5.97 Å². The van der Waals surface area contributed by atoms with E-state index in [9.17, 15) is 9.59 Å². The molecule has 2 aromatic carbocycles. The quantitative estimate of drug-likeness (QED) is 0.451. The van der Waals surface area contributed by atoms with Crippen LogP contribution in [0.25, 0.3) is 6.08 Å². The zero-order valence-electron chi connectivity index (χ0n) is 18.9. The smallest absolute Gasteiger partial charge is 0.340 e. The fourth-order valence-electron chi connectivity index (χ4n) is 3.63. The van der Waals surface area contributed by atoms with Gasteiger partial charge < -0.3 is 18.9 Å². The molecule has 1 heterocycles. The van der Waals surface area contributed by atoms with E-state index in [2.05, 4.69) is 0 Å². The fraction of sp³-hybridized carbons (Fsp3) is 0.280. The number of benzene rings is 2. The Bertz CT molecular complexity index is 1070. The zero-order valence-corrected chi connectivity index (χ0v) is 18.9. The van der Waals surface area contributed by atoms with Gasteiger partial charge in [-0.1, -0.05) is 12.1 Å². The van der Waals surface area contributed by atoms with Gasteiger partial charge in [0.1, 0.15) is 5.75 Å². The Kier molecular flexibility index (Phi) is 7.20. The molecule has 168 valence electrons. The third-order valence-electron chi connectivity index (χ3n) is 5.02. The molecule has 0 saturated carbocycles.